The Morgan fingerprint density at radius 1 is 1.05 bits per heavy atom. The zero-order valence-corrected chi connectivity index (χ0v) is 10.6. The molecule has 3 rings (SSSR count). The van der Waals surface area contributed by atoms with Crippen LogP contribution in [0.25, 0.3) is 22.0 Å². The molecule has 0 aliphatic rings. The molecule has 0 fully saturated rings. The van der Waals surface area contributed by atoms with Crippen molar-refractivity contribution in [2.24, 2.45) is 0 Å². The van der Waals surface area contributed by atoms with Crippen LogP contribution in [0.15, 0.2) is 53.3 Å². The molecule has 0 radical (unpaired) electrons. The molecule has 19 heavy (non-hydrogen) atoms. The average Bonchev–Trinajstić information content (AvgIpc) is 2.38. The van der Waals surface area contributed by atoms with Crippen LogP contribution in [0.5, 0.6) is 0 Å². The van der Waals surface area contributed by atoms with E-state index >= 15 is 0 Å². The molecule has 3 N–H and O–H groups in total. The summed E-state index contributed by atoms with van der Waals surface area (Å²) in [7, 11) is 0. The van der Waals surface area contributed by atoms with Gasteiger partial charge in [-0.1, -0.05) is 24.3 Å². The summed E-state index contributed by atoms with van der Waals surface area (Å²) in [5, 5.41) is 0.700. The van der Waals surface area contributed by atoms with Gasteiger partial charge in [-0.25, -0.2) is 0 Å². The molecule has 0 bridgehead atoms. The van der Waals surface area contributed by atoms with Gasteiger partial charge in [-0.2, -0.15) is 0 Å². The summed E-state index contributed by atoms with van der Waals surface area (Å²) in [5.41, 5.74) is 10.3. The lowest BCUT2D eigenvalue weighted by Crippen LogP contribution is -2.03. The lowest BCUT2D eigenvalue weighted by Gasteiger charge is -2.08. The minimum absolute atomic E-state index is 0.0389. The van der Waals surface area contributed by atoms with Gasteiger partial charge in [-0.15, -0.1) is 0 Å². The van der Waals surface area contributed by atoms with Crippen molar-refractivity contribution < 1.29 is 0 Å². The number of para-hydroxylation sites is 1. The van der Waals surface area contributed by atoms with E-state index in [1.54, 1.807) is 6.07 Å². The van der Waals surface area contributed by atoms with E-state index in [2.05, 4.69) is 4.98 Å². The van der Waals surface area contributed by atoms with E-state index < -0.39 is 0 Å². The molecule has 3 nitrogen and oxygen atoms in total. The lowest BCUT2D eigenvalue weighted by atomic mass is 10.0. The van der Waals surface area contributed by atoms with Gasteiger partial charge in [0.2, 0.25) is 0 Å². The Morgan fingerprint density at radius 3 is 2.63 bits per heavy atom. The maximum atomic E-state index is 12.0. The zero-order chi connectivity index (χ0) is 13.4. The molecule has 94 valence electrons. The van der Waals surface area contributed by atoms with Crippen molar-refractivity contribution in [2.45, 2.75) is 6.92 Å². The zero-order valence-electron chi connectivity index (χ0n) is 10.6. The van der Waals surface area contributed by atoms with Crippen molar-refractivity contribution >= 4 is 16.6 Å². The number of aromatic nitrogens is 1. The Morgan fingerprint density at radius 2 is 1.84 bits per heavy atom. The number of nitrogens with two attached hydrogens (primary N) is 1. The maximum Gasteiger partial charge on any atom is 0.189 e. The number of aromatic amines is 1. The first-order valence-corrected chi connectivity index (χ1v) is 6.14. The van der Waals surface area contributed by atoms with E-state index in [4.69, 9.17) is 5.73 Å². The summed E-state index contributed by atoms with van der Waals surface area (Å²) in [6.45, 7) is 1.89. The topological polar surface area (TPSA) is 58.9 Å². The highest BCUT2D eigenvalue weighted by atomic mass is 16.1. The van der Waals surface area contributed by atoms with Crippen LogP contribution >= 0.6 is 0 Å². The fourth-order valence-electron chi connectivity index (χ4n) is 2.35. The number of pyridine rings is 1. The summed E-state index contributed by atoms with van der Waals surface area (Å²) in [4.78, 5) is 15.3. The molecular formula is C16H14N2O. The number of anilines is 1. The first-order chi connectivity index (χ1) is 9.15. The smallest absolute Gasteiger partial charge is 0.189 e. The molecule has 1 heterocycles. The predicted molar refractivity (Wildman–Crippen MR) is 79.2 cm³/mol. The van der Waals surface area contributed by atoms with Crippen molar-refractivity contribution in [1.82, 2.24) is 4.98 Å². The largest absolute Gasteiger partial charge is 0.399 e. The molecule has 0 unspecified atom stereocenters. The van der Waals surface area contributed by atoms with Crippen LogP contribution in [0.1, 0.15) is 5.69 Å². The van der Waals surface area contributed by atoms with Crippen molar-refractivity contribution in [3.63, 3.8) is 0 Å². The van der Waals surface area contributed by atoms with Crippen LogP contribution in [-0.4, -0.2) is 4.98 Å². The van der Waals surface area contributed by atoms with E-state index in [0.29, 0.717) is 11.1 Å². The molecule has 0 spiro atoms. The number of hydrogen-bond donors (Lipinski definition) is 2. The van der Waals surface area contributed by atoms with E-state index in [1.165, 1.54) is 0 Å². The fraction of sp³-hybridized carbons (Fsp3) is 0.0625. The molecule has 0 saturated carbocycles. The van der Waals surface area contributed by atoms with Crippen LogP contribution in [0, 0.1) is 6.92 Å². The highest BCUT2D eigenvalue weighted by Crippen LogP contribution is 2.27. The van der Waals surface area contributed by atoms with Gasteiger partial charge < -0.3 is 10.7 Å². The Kier molecular flexibility index (Phi) is 2.60. The minimum Gasteiger partial charge on any atom is -0.399 e. The molecule has 0 saturated heterocycles. The molecule has 3 heteroatoms. The Bertz CT molecular complexity index is 818. The maximum absolute atomic E-state index is 12.0. The SMILES string of the molecule is Cc1cc(=O)c2cccc(-c3cccc(N)c3)c2[nH]1. The minimum atomic E-state index is 0.0389. The van der Waals surface area contributed by atoms with Crippen LogP contribution in [0.4, 0.5) is 5.69 Å². The number of aryl methyl sites for hydroxylation is 1. The number of fused-ring (bicyclic) bond motifs is 1. The summed E-state index contributed by atoms with van der Waals surface area (Å²) in [6.07, 6.45) is 0. The first-order valence-electron chi connectivity index (χ1n) is 6.14. The average molecular weight is 250 g/mol. The van der Waals surface area contributed by atoms with E-state index in [0.717, 1.165) is 22.3 Å². The van der Waals surface area contributed by atoms with Gasteiger partial charge in [0, 0.05) is 28.4 Å². The van der Waals surface area contributed by atoms with Gasteiger partial charge in [0.1, 0.15) is 0 Å². The molecule has 0 aliphatic heterocycles. The standard InChI is InChI=1S/C16H14N2O/c1-10-8-15(19)14-7-3-6-13(16(14)18-10)11-4-2-5-12(17)9-11/h2-9H,17H2,1H3,(H,18,19). The number of rotatable bonds is 1. The van der Waals surface area contributed by atoms with Crippen LogP contribution in [-0.2, 0) is 0 Å². The van der Waals surface area contributed by atoms with Crippen molar-refractivity contribution in [3.05, 3.63) is 64.4 Å². The lowest BCUT2D eigenvalue weighted by molar-refractivity contribution is 1.24. The third-order valence-electron chi connectivity index (χ3n) is 3.20. The highest BCUT2D eigenvalue weighted by Gasteiger charge is 2.07. The third kappa shape index (κ3) is 1.99. The summed E-state index contributed by atoms with van der Waals surface area (Å²) in [5.74, 6) is 0. The van der Waals surface area contributed by atoms with Gasteiger partial charge in [0.25, 0.3) is 0 Å². The second-order valence-electron chi connectivity index (χ2n) is 4.67. The third-order valence-corrected chi connectivity index (χ3v) is 3.20. The van der Waals surface area contributed by atoms with Gasteiger partial charge in [-0.05, 0) is 30.7 Å². The molecule has 0 amide bonds. The van der Waals surface area contributed by atoms with Gasteiger partial charge in [0.05, 0.1) is 5.52 Å². The fourth-order valence-corrected chi connectivity index (χ4v) is 2.35. The summed E-state index contributed by atoms with van der Waals surface area (Å²) < 4.78 is 0. The molecule has 0 aliphatic carbocycles. The van der Waals surface area contributed by atoms with Crippen molar-refractivity contribution in [3.8, 4) is 11.1 Å². The Balaban J connectivity index is 2.39. The summed E-state index contributed by atoms with van der Waals surface area (Å²) >= 11 is 0. The van der Waals surface area contributed by atoms with Crippen LogP contribution in [0.3, 0.4) is 0 Å². The quantitative estimate of drug-likeness (QED) is 0.652. The second-order valence-corrected chi connectivity index (χ2v) is 4.67. The number of nitrogens with one attached hydrogen (secondary N) is 1. The van der Waals surface area contributed by atoms with Crippen LogP contribution in [0.2, 0.25) is 0 Å². The number of nitrogen functional groups attached to an aromatic ring is 1. The van der Waals surface area contributed by atoms with Gasteiger partial charge in [-0.3, -0.25) is 4.79 Å². The molecular weight excluding hydrogens is 236 g/mol. The van der Waals surface area contributed by atoms with Crippen molar-refractivity contribution in [1.29, 1.82) is 0 Å². The van der Waals surface area contributed by atoms with Crippen molar-refractivity contribution in [2.75, 3.05) is 5.73 Å². The Hall–Kier alpha value is -2.55. The Labute approximate surface area is 110 Å². The summed E-state index contributed by atoms with van der Waals surface area (Å²) in [6, 6.07) is 15.0. The predicted octanol–water partition coefficient (Wildman–Crippen LogP) is 3.09. The van der Waals surface area contributed by atoms with E-state index in [-0.39, 0.29) is 5.43 Å². The highest BCUT2D eigenvalue weighted by molar-refractivity contribution is 5.94. The molecule has 3 aromatic rings. The molecule has 0 atom stereocenters. The van der Waals surface area contributed by atoms with E-state index in [1.807, 2.05) is 49.4 Å². The monoisotopic (exact) mass is 250 g/mol. The number of hydrogen-bond acceptors (Lipinski definition) is 2. The van der Waals surface area contributed by atoms with Gasteiger partial charge in [0.15, 0.2) is 5.43 Å². The first kappa shape index (κ1) is 11.5. The van der Waals surface area contributed by atoms with E-state index in [9.17, 15) is 4.79 Å². The number of benzene rings is 2. The molecule has 2 aromatic carbocycles. The molecule has 1 aromatic heterocycles. The number of H-pyrrole nitrogens is 1. The van der Waals surface area contributed by atoms with Crippen LogP contribution < -0.4 is 11.2 Å². The normalized spacial score (nSPS) is 10.8. The van der Waals surface area contributed by atoms with Gasteiger partial charge >= 0.3 is 0 Å². The second kappa shape index (κ2) is 4.28.